The number of nitrogens with one attached hydrogen (secondary N) is 1. The Labute approximate surface area is 60.0 Å². The molecular formula is C8H10N2. The second kappa shape index (κ2) is 2.29. The molecule has 2 heteroatoms. The van der Waals surface area contributed by atoms with Gasteiger partial charge in [0.05, 0.1) is 11.7 Å². The van der Waals surface area contributed by atoms with Gasteiger partial charge in [-0.15, -0.1) is 0 Å². The molecule has 0 aliphatic heterocycles. The molecule has 10 heavy (non-hydrogen) atoms. The van der Waals surface area contributed by atoms with E-state index in [0.29, 0.717) is 6.04 Å². The Morgan fingerprint density at radius 1 is 1.60 bits per heavy atom. The van der Waals surface area contributed by atoms with Crippen LogP contribution in [0.4, 0.5) is 0 Å². The number of aromatic amines is 1. The Balaban J connectivity index is 2.01. The van der Waals surface area contributed by atoms with Crippen molar-refractivity contribution in [3.8, 4) is 0 Å². The molecule has 1 aliphatic rings. The smallest absolute Gasteiger partial charge is 0.0561 e. The van der Waals surface area contributed by atoms with Crippen LogP contribution in [0.2, 0.25) is 0 Å². The summed E-state index contributed by atoms with van der Waals surface area (Å²) in [6.45, 7) is 0. The molecule has 0 radical (unpaired) electrons. The van der Waals surface area contributed by atoms with E-state index in [1.54, 1.807) is 0 Å². The molecule has 0 atom stereocenters. The molecule has 0 aromatic carbocycles. The summed E-state index contributed by atoms with van der Waals surface area (Å²) in [5, 5.41) is 0. The maximum atomic E-state index is 4.32. The largest absolute Gasteiger partial charge is 0.360 e. The number of aliphatic imine (C=N–C) groups is 1. The predicted octanol–water partition coefficient (Wildman–Crippen LogP) is 1.60. The zero-order chi connectivity index (χ0) is 6.81. The van der Waals surface area contributed by atoms with Crippen molar-refractivity contribution >= 4 is 6.21 Å². The van der Waals surface area contributed by atoms with Crippen LogP contribution in [-0.4, -0.2) is 17.2 Å². The molecule has 1 aromatic rings. The summed E-state index contributed by atoms with van der Waals surface area (Å²) in [7, 11) is 0. The maximum Gasteiger partial charge on any atom is 0.0561 e. The number of H-pyrrole nitrogens is 1. The van der Waals surface area contributed by atoms with Crippen LogP contribution < -0.4 is 0 Å². The first kappa shape index (κ1) is 5.71. The van der Waals surface area contributed by atoms with Gasteiger partial charge in [0.15, 0.2) is 0 Å². The first-order valence-corrected chi connectivity index (χ1v) is 3.62. The maximum absolute atomic E-state index is 4.32. The van der Waals surface area contributed by atoms with Gasteiger partial charge in [0.25, 0.3) is 0 Å². The fraction of sp³-hybridized carbons (Fsp3) is 0.375. The number of hydrogen-bond donors (Lipinski definition) is 1. The van der Waals surface area contributed by atoms with Gasteiger partial charge in [0.2, 0.25) is 0 Å². The minimum absolute atomic E-state index is 0.628. The lowest BCUT2D eigenvalue weighted by Crippen LogP contribution is -1.81. The van der Waals surface area contributed by atoms with Gasteiger partial charge in [-0.05, 0) is 25.0 Å². The second-order valence-electron chi connectivity index (χ2n) is 2.63. The summed E-state index contributed by atoms with van der Waals surface area (Å²) in [5.41, 5.74) is 1.10. The average molecular weight is 134 g/mol. The summed E-state index contributed by atoms with van der Waals surface area (Å²) in [6.07, 6.45) is 6.38. The Hall–Kier alpha value is -1.05. The number of hydrogen-bond acceptors (Lipinski definition) is 1. The summed E-state index contributed by atoms with van der Waals surface area (Å²) < 4.78 is 0. The van der Waals surface area contributed by atoms with E-state index >= 15 is 0 Å². The SMILES string of the molecule is C(=NC1CC1)c1ccc[nH]1. The highest BCUT2D eigenvalue weighted by atomic mass is 14.8. The molecule has 1 aliphatic carbocycles. The number of nitrogens with zero attached hydrogens (tertiary/aromatic N) is 1. The number of rotatable bonds is 2. The fourth-order valence-electron chi connectivity index (χ4n) is 0.834. The van der Waals surface area contributed by atoms with Crippen molar-refractivity contribution in [2.45, 2.75) is 18.9 Å². The van der Waals surface area contributed by atoms with Gasteiger partial charge >= 0.3 is 0 Å². The van der Waals surface area contributed by atoms with E-state index in [9.17, 15) is 0 Å². The lowest BCUT2D eigenvalue weighted by atomic mass is 10.5. The first-order valence-electron chi connectivity index (χ1n) is 3.62. The van der Waals surface area contributed by atoms with Gasteiger partial charge in [-0.3, -0.25) is 4.99 Å². The van der Waals surface area contributed by atoms with Gasteiger partial charge in [-0.25, -0.2) is 0 Å². The van der Waals surface area contributed by atoms with Crippen LogP contribution in [0.1, 0.15) is 18.5 Å². The van der Waals surface area contributed by atoms with Crippen molar-refractivity contribution in [2.24, 2.45) is 4.99 Å². The third-order valence-corrected chi connectivity index (χ3v) is 1.59. The molecule has 1 saturated carbocycles. The molecule has 2 nitrogen and oxygen atoms in total. The van der Waals surface area contributed by atoms with Crippen LogP contribution in [-0.2, 0) is 0 Å². The molecule has 0 spiro atoms. The van der Waals surface area contributed by atoms with Crippen molar-refractivity contribution in [1.82, 2.24) is 4.98 Å². The van der Waals surface area contributed by atoms with E-state index < -0.39 is 0 Å². The Bertz CT molecular complexity index is 219. The van der Waals surface area contributed by atoms with E-state index in [-0.39, 0.29) is 0 Å². The molecule has 1 N–H and O–H groups in total. The van der Waals surface area contributed by atoms with E-state index in [1.165, 1.54) is 12.8 Å². The predicted molar refractivity (Wildman–Crippen MR) is 41.4 cm³/mol. The molecule has 1 heterocycles. The summed E-state index contributed by atoms with van der Waals surface area (Å²) in [5.74, 6) is 0. The van der Waals surface area contributed by atoms with E-state index in [0.717, 1.165) is 5.69 Å². The van der Waals surface area contributed by atoms with Crippen LogP contribution in [0, 0.1) is 0 Å². The number of aromatic nitrogens is 1. The molecule has 0 amide bonds. The Morgan fingerprint density at radius 3 is 3.10 bits per heavy atom. The van der Waals surface area contributed by atoms with Crippen LogP contribution >= 0.6 is 0 Å². The Kier molecular flexibility index (Phi) is 1.31. The first-order chi connectivity index (χ1) is 4.95. The third kappa shape index (κ3) is 1.26. The quantitative estimate of drug-likeness (QED) is 0.595. The van der Waals surface area contributed by atoms with Gasteiger partial charge in [0.1, 0.15) is 0 Å². The van der Waals surface area contributed by atoms with Crippen molar-refractivity contribution in [2.75, 3.05) is 0 Å². The van der Waals surface area contributed by atoms with E-state index in [4.69, 9.17) is 0 Å². The van der Waals surface area contributed by atoms with Gasteiger partial charge in [-0.1, -0.05) is 0 Å². The molecule has 0 unspecified atom stereocenters. The third-order valence-electron chi connectivity index (χ3n) is 1.59. The van der Waals surface area contributed by atoms with Crippen molar-refractivity contribution in [1.29, 1.82) is 0 Å². The molecule has 2 rings (SSSR count). The molecule has 0 bridgehead atoms. The Morgan fingerprint density at radius 2 is 2.50 bits per heavy atom. The molecular weight excluding hydrogens is 124 g/mol. The minimum atomic E-state index is 0.628. The van der Waals surface area contributed by atoms with Crippen LogP contribution in [0.25, 0.3) is 0 Å². The lowest BCUT2D eigenvalue weighted by molar-refractivity contribution is 1.07. The van der Waals surface area contributed by atoms with E-state index in [1.807, 2.05) is 24.5 Å². The highest BCUT2D eigenvalue weighted by molar-refractivity contribution is 5.77. The van der Waals surface area contributed by atoms with E-state index in [2.05, 4.69) is 9.98 Å². The molecule has 1 fully saturated rings. The molecule has 52 valence electrons. The molecule has 0 saturated heterocycles. The summed E-state index contributed by atoms with van der Waals surface area (Å²) in [6, 6.07) is 4.63. The standard InChI is InChI=1S/C8H10N2/c1-2-8(9-5-1)6-10-7-3-4-7/h1-2,5-7,9H,3-4H2. The average Bonchev–Trinajstić information content (AvgIpc) is 2.63. The lowest BCUT2D eigenvalue weighted by Gasteiger charge is -1.82. The van der Waals surface area contributed by atoms with Crippen LogP contribution in [0.3, 0.4) is 0 Å². The van der Waals surface area contributed by atoms with Crippen molar-refractivity contribution in [3.05, 3.63) is 24.0 Å². The highest BCUT2D eigenvalue weighted by Gasteiger charge is 2.18. The van der Waals surface area contributed by atoms with Gasteiger partial charge in [0, 0.05) is 12.4 Å². The van der Waals surface area contributed by atoms with Crippen molar-refractivity contribution < 1.29 is 0 Å². The zero-order valence-electron chi connectivity index (χ0n) is 5.75. The summed E-state index contributed by atoms with van der Waals surface area (Å²) >= 11 is 0. The monoisotopic (exact) mass is 134 g/mol. The topological polar surface area (TPSA) is 28.1 Å². The van der Waals surface area contributed by atoms with Gasteiger partial charge in [-0.2, -0.15) is 0 Å². The zero-order valence-corrected chi connectivity index (χ0v) is 5.75. The molecule has 1 aromatic heterocycles. The second-order valence-corrected chi connectivity index (χ2v) is 2.63. The van der Waals surface area contributed by atoms with Crippen LogP contribution in [0.5, 0.6) is 0 Å². The normalized spacial score (nSPS) is 18.4. The van der Waals surface area contributed by atoms with Gasteiger partial charge < -0.3 is 4.98 Å². The van der Waals surface area contributed by atoms with Crippen LogP contribution in [0.15, 0.2) is 23.3 Å². The fourth-order valence-corrected chi connectivity index (χ4v) is 0.834. The highest BCUT2D eigenvalue weighted by Crippen LogP contribution is 2.22. The minimum Gasteiger partial charge on any atom is -0.360 e. The van der Waals surface area contributed by atoms with Crippen molar-refractivity contribution in [3.63, 3.8) is 0 Å². The summed E-state index contributed by atoms with van der Waals surface area (Å²) in [4.78, 5) is 7.39.